The van der Waals surface area contributed by atoms with Crippen molar-refractivity contribution in [2.24, 2.45) is 0 Å². The summed E-state index contributed by atoms with van der Waals surface area (Å²) in [4.78, 5) is 11.7. The van der Waals surface area contributed by atoms with Crippen molar-refractivity contribution in [2.45, 2.75) is 0 Å². The molecule has 122 valence electrons. The molecule has 0 saturated heterocycles. The summed E-state index contributed by atoms with van der Waals surface area (Å²) in [6.45, 7) is 3.27. The van der Waals surface area contributed by atoms with E-state index in [9.17, 15) is 26.4 Å². The molecule has 0 aromatic heterocycles. The third-order valence-corrected chi connectivity index (χ3v) is 4.00. The van der Waals surface area contributed by atoms with Crippen LogP contribution in [0.3, 0.4) is 0 Å². The molecule has 1 aromatic rings. The standard InChI is InChI=1S/C13H15F3N2O3S/c1-3-7-18(22(2,20)21)8-6-17-13(19)9-4-5-10(14)12(16)11(9)15/h3-5H,1,6-8H2,2H3,(H,17,19). The molecule has 0 spiro atoms. The normalized spacial score (nSPS) is 11.5. The van der Waals surface area contributed by atoms with Gasteiger partial charge in [0.25, 0.3) is 5.91 Å². The SMILES string of the molecule is C=CCN(CCNC(=O)c1ccc(F)c(F)c1F)S(C)(=O)=O. The molecule has 0 heterocycles. The molecule has 0 aliphatic carbocycles. The first-order valence-electron chi connectivity index (χ1n) is 6.16. The Labute approximate surface area is 126 Å². The number of benzene rings is 1. The van der Waals surface area contributed by atoms with E-state index in [0.29, 0.717) is 6.07 Å². The summed E-state index contributed by atoms with van der Waals surface area (Å²) in [5, 5.41) is 2.24. The second-order valence-corrected chi connectivity index (χ2v) is 6.37. The predicted octanol–water partition coefficient (Wildman–Crippen LogP) is 1.28. The van der Waals surface area contributed by atoms with E-state index in [1.54, 1.807) is 0 Å². The third-order valence-electron chi connectivity index (χ3n) is 2.73. The molecule has 5 nitrogen and oxygen atoms in total. The molecule has 0 aliphatic heterocycles. The van der Waals surface area contributed by atoms with Gasteiger partial charge in [-0.05, 0) is 12.1 Å². The van der Waals surface area contributed by atoms with Crippen LogP contribution in [0.25, 0.3) is 0 Å². The number of hydrogen-bond donors (Lipinski definition) is 1. The van der Waals surface area contributed by atoms with Gasteiger partial charge in [0.1, 0.15) is 0 Å². The third kappa shape index (κ3) is 4.57. The molecule has 1 rings (SSSR count). The minimum absolute atomic E-state index is 0.0498. The Balaban J connectivity index is 2.71. The summed E-state index contributed by atoms with van der Waals surface area (Å²) in [6, 6.07) is 1.44. The number of amides is 1. The zero-order chi connectivity index (χ0) is 16.9. The lowest BCUT2D eigenvalue weighted by Gasteiger charge is -2.18. The summed E-state index contributed by atoms with van der Waals surface area (Å²) < 4.78 is 63.1. The number of nitrogens with zero attached hydrogens (tertiary/aromatic N) is 1. The molecule has 9 heteroatoms. The summed E-state index contributed by atoms with van der Waals surface area (Å²) in [5.41, 5.74) is -0.659. The van der Waals surface area contributed by atoms with E-state index < -0.39 is 38.9 Å². The maximum Gasteiger partial charge on any atom is 0.254 e. The van der Waals surface area contributed by atoms with Crippen LogP contribution in [0.2, 0.25) is 0 Å². The van der Waals surface area contributed by atoms with E-state index in [4.69, 9.17) is 0 Å². The second-order valence-electron chi connectivity index (χ2n) is 4.39. The highest BCUT2D eigenvalue weighted by Gasteiger charge is 2.19. The Hall–Kier alpha value is -1.87. The fourth-order valence-corrected chi connectivity index (χ4v) is 2.43. The smallest absolute Gasteiger partial charge is 0.254 e. The molecular formula is C13H15F3N2O3S. The van der Waals surface area contributed by atoms with Gasteiger partial charge in [-0.2, -0.15) is 4.31 Å². The van der Waals surface area contributed by atoms with E-state index in [-0.39, 0.29) is 19.6 Å². The lowest BCUT2D eigenvalue weighted by atomic mass is 10.2. The van der Waals surface area contributed by atoms with Crippen molar-refractivity contribution in [1.82, 2.24) is 9.62 Å². The van der Waals surface area contributed by atoms with Crippen molar-refractivity contribution in [2.75, 3.05) is 25.9 Å². The average Bonchev–Trinajstić information content (AvgIpc) is 2.42. The molecule has 1 amide bonds. The molecule has 0 radical (unpaired) electrons. The van der Waals surface area contributed by atoms with Crippen LogP contribution in [-0.2, 0) is 10.0 Å². The summed E-state index contributed by atoms with van der Waals surface area (Å²) in [5.74, 6) is -5.70. The van der Waals surface area contributed by atoms with Crippen molar-refractivity contribution in [3.8, 4) is 0 Å². The van der Waals surface area contributed by atoms with Crippen molar-refractivity contribution in [3.05, 3.63) is 47.8 Å². The molecule has 1 N–H and O–H groups in total. The first-order chi connectivity index (χ1) is 10.2. The zero-order valence-corrected chi connectivity index (χ0v) is 12.6. The average molecular weight is 336 g/mol. The van der Waals surface area contributed by atoms with Gasteiger partial charge in [-0.15, -0.1) is 6.58 Å². The topological polar surface area (TPSA) is 66.5 Å². The molecule has 0 atom stereocenters. The number of halogens is 3. The predicted molar refractivity (Wildman–Crippen MR) is 75.3 cm³/mol. The van der Waals surface area contributed by atoms with Crippen molar-refractivity contribution < 1.29 is 26.4 Å². The van der Waals surface area contributed by atoms with Crippen molar-refractivity contribution >= 4 is 15.9 Å². The quantitative estimate of drug-likeness (QED) is 0.603. The summed E-state index contributed by atoms with van der Waals surface area (Å²) in [7, 11) is -3.48. The molecule has 0 aliphatic rings. The van der Waals surface area contributed by atoms with Gasteiger partial charge in [0.05, 0.1) is 11.8 Å². The zero-order valence-electron chi connectivity index (χ0n) is 11.8. The monoisotopic (exact) mass is 336 g/mol. The van der Waals surface area contributed by atoms with Crippen LogP contribution in [0.1, 0.15) is 10.4 Å². The Kier molecular flexibility index (Phi) is 6.12. The molecule has 1 aromatic carbocycles. The number of carbonyl (C=O) groups is 1. The molecule has 0 saturated carbocycles. The van der Waals surface area contributed by atoms with Crippen LogP contribution in [0, 0.1) is 17.5 Å². The lowest BCUT2D eigenvalue weighted by molar-refractivity contribution is 0.0946. The van der Waals surface area contributed by atoms with E-state index in [0.717, 1.165) is 16.6 Å². The number of nitrogens with one attached hydrogen (secondary N) is 1. The van der Waals surface area contributed by atoms with Crippen LogP contribution < -0.4 is 5.32 Å². The van der Waals surface area contributed by atoms with Crippen LogP contribution in [-0.4, -0.2) is 44.5 Å². The van der Waals surface area contributed by atoms with Gasteiger partial charge in [-0.1, -0.05) is 6.08 Å². The van der Waals surface area contributed by atoms with E-state index in [2.05, 4.69) is 11.9 Å². The van der Waals surface area contributed by atoms with Gasteiger partial charge in [0, 0.05) is 19.6 Å². The molecule has 0 bridgehead atoms. The number of carbonyl (C=O) groups excluding carboxylic acids is 1. The second kappa shape index (κ2) is 7.41. The van der Waals surface area contributed by atoms with Crippen LogP contribution in [0.5, 0.6) is 0 Å². The number of rotatable bonds is 7. The lowest BCUT2D eigenvalue weighted by Crippen LogP contribution is -2.38. The fraction of sp³-hybridized carbons (Fsp3) is 0.308. The maximum atomic E-state index is 13.4. The van der Waals surface area contributed by atoms with Crippen LogP contribution >= 0.6 is 0 Å². The first kappa shape index (κ1) is 18.2. The fourth-order valence-electron chi connectivity index (χ4n) is 1.63. The highest BCUT2D eigenvalue weighted by atomic mass is 32.2. The van der Waals surface area contributed by atoms with Gasteiger partial charge in [-0.3, -0.25) is 4.79 Å². The van der Waals surface area contributed by atoms with Gasteiger partial charge < -0.3 is 5.32 Å². The van der Waals surface area contributed by atoms with Crippen LogP contribution in [0.4, 0.5) is 13.2 Å². The Morgan fingerprint density at radius 1 is 1.32 bits per heavy atom. The summed E-state index contributed by atoms with van der Waals surface area (Å²) >= 11 is 0. The minimum Gasteiger partial charge on any atom is -0.351 e. The molecule has 0 fully saturated rings. The number of sulfonamides is 1. The highest BCUT2D eigenvalue weighted by molar-refractivity contribution is 7.88. The van der Waals surface area contributed by atoms with E-state index >= 15 is 0 Å². The molecule has 22 heavy (non-hydrogen) atoms. The van der Waals surface area contributed by atoms with Gasteiger partial charge in [-0.25, -0.2) is 21.6 Å². The van der Waals surface area contributed by atoms with E-state index in [1.807, 2.05) is 0 Å². The highest BCUT2D eigenvalue weighted by Crippen LogP contribution is 2.14. The Morgan fingerprint density at radius 2 is 1.95 bits per heavy atom. The van der Waals surface area contributed by atoms with Crippen molar-refractivity contribution in [1.29, 1.82) is 0 Å². The molecular weight excluding hydrogens is 321 g/mol. The Morgan fingerprint density at radius 3 is 2.50 bits per heavy atom. The van der Waals surface area contributed by atoms with Gasteiger partial charge in [0.15, 0.2) is 17.5 Å². The summed E-state index contributed by atoms with van der Waals surface area (Å²) in [6.07, 6.45) is 2.37. The maximum absolute atomic E-state index is 13.4. The number of hydrogen-bond acceptors (Lipinski definition) is 3. The van der Waals surface area contributed by atoms with Crippen molar-refractivity contribution in [3.63, 3.8) is 0 Å². The largest absolute Gasteiger partial charge is 0.351 e. The Bertz CT molecular complexity index is 677. The van der Waals surface area contributed by atoms with Crippen LogP contribution in [0.15, 0.2) is 24.8 Å². The molecule has 0 unspecified atom stereocenters. The van der Waals surface area contributed by atoms with Gasteiger partial charge >= 0.3 is 0 Å². The minimum atomic E-state index is -3.48. The first-order valence-corrected chi connectivity index (χ1v) is 8.01. The van der Waals surface area contributed by atoms with E-state index in [1.165, 1.54) is 6.08 Å². The van der Waals surface area contributed by atoms with Gasteiger partial charge in [0.2, 0.25) is 10.0 Å².